The summed E-state index contributed by atoms with van der Waals surface area (Å²) in [4.78, 5) is 39.9. The van der Waals surface area contributed by atoms with E-state index in [9.17, 15) is 14.4 Å². The lowest BCUT2D eigenvalue weighted by Crippen LogP contribution is -2.54. The van der Waals surface area contributed by atoms with Gasteiger partial charge in [-0.15, -0.1) is 0 Å². The average molecular weight is 459 g/mol. The molecule has 3 aromatic rings. The van der Waals surface area contributed by atoms with Crippen LogP contribution in [-0.2, 0) is 22.6 Å². The van der Waals surface area contributed by atoms with Crippen molar-refractivity contribution in [3.63, 3.8) is 0 Å². The Balaban J connectivity index is 1.52. The molecule has 1 heterocycles. The second-order valence-electron chi connectivity index (χ2n) is 7.87. The van der Waals surface area contributed by atoms with Crippen molar-refractivity contribution in [1.82, 2.24) is 10.6 Å². The first-order valence-electron chi connectivity index (χ1n) is 11.0. The summed E-state index contributed by atoms with van der Waals surface area (Å²) < 4.78 is 5.36. The summed E-state index contributed by atoms with van der Waals surface area (Å²) in [6.45, 7) is 0.114. The van der Waals surface area contributed by atoms with Crippen LogP contribution in [0, 0.1) is 0 Å². The van der Waals surface area contributed by atoms with E-state index in [-0.39, 0.29) is 24.9 Å². The van der Waals surface area contributed by atoms with Crippen molar-refractivity contribution in [2.24, 2.45) is 0 Å². The third-order valence-electron chi connectivity index (χ3n) is 5.56. The SMILES string of the molecule is COc1ccccc1CNC(=O)C(Cc1ccccc1)NC(=O)N1CC(=O)Nc2ccccc21. The number of hydrogen-bond donors (Lipinski definition) is 3. The van der Waals surface area contributed by atoms with Crippen LogP contribution in [0.3, 0.4) is 0 Å². The molecule has 0 aliphatic carbocycles. The second-order valence-corrected chi connectivity index (χ2v) is 7.87. The quantitative estimate of drug-likeness (QED) is 0.507. The summed E-state index contributed by atoms with van der Waals surface area (Å²) in [5.74, 6) is 0.0364. The molecule has 3 aromatic carbocycles. The van der Waals surface area contributed by atoms with Gasteiger partial charge in [0.2, 0.25) is 11.8 Å². The van der Waals surface area contributed by atoms with Gasteiger partial charge in [-0.2, -0.15) is 0 Å². The highest BCUT2D eigenvalue weighted by Crippen LogP contribution is 2.28. The van der Waals surface area contributed by atoms with Crippen molar-refractivity contribution >= 4 is 29.2 Å². The fourth-order valence-corrected chi connectivity index (χ4v) is 3.86. The smallest absolute Gasteiger partial charge is 0.323 e. The van der Waals surface area contributed by atoms with Crippen LogP contribution in [0.5, 0.6) is 5.75 Å². The highest BCUT2D eigenvalue weighted by Gasteiger charge is 2.30. The van der Waals surface area contributed by atoms with Gasteiger partial charge < -0.3 is 20.7 Å². The van der Waals surface area contributed by atoms with Crippen LogP contribution in [0.25, 0.3) is 0 Å². The Morgan fingerprint density at radius 2 is 1.71 bits per heavy atom. The van der Waals surface area contributed by atoms with E-state index in [2.05, 4.69) is 16.0 Å². The third-order valence-corrected chi connectivity index (χ3v) is 5.56. The Morgan fingerprint density at radius 1 is 1.00 bits per heavy atom. The number of rotatable bonds is 7. The summed E-state index contributed by atoms with van der Waals surface area (Å²) in [5.41, 5.74) is 2.85. The number of amides is 4. The fourth-order valence-electron chi connectivity index (χ4n) is 3.86. The number of methoxy groups -OCH3 is 1. The van der Waals surface area contributed by atoms with E-state index in [0.717, 1.165) is 11.1 Å². The molecule has 1 unspecified atom stereocenters. The number of carbonyl (C=O) groups excluding carboxylic acids is 3. The van der Waals surface area contributed by atoms with Gasteiger partial charge in [-0.05, 0) is 23.8 Å². The van der Waals surface area contributed by atoms with Gasteiger partial charge in [0.25, 0.3) is 0 Å². The molecule has 8 heteroatoms. The van der Waals surface area contributed by atoms with E-state index in [0.29, 0.717) is 23.5 Å². The van der Waals surface area contributed by atoms with Crippen molar-refractivity contribution in [1.29, 1.82) is 0 Å². The molecule has 1 atom stereocenters. The maximum absolute atomic E-state index is 13.2. The minimum absolute atomic E-state index is 0.135. The number of urea groups is 1. The summed E-state index contributed by atoms with van der Waals surface area (Å²) in [5, 5.41) is 8.48. The number of hydrogen-bond acceptors (Lipinski definition) is 4. The van der Waals surface area contributed by atoms with Gasteiger partial charge in [-0.1, -0.05) is 60.7 Å². The summed E-state index contributed by atoms with van der Waals surface area (Å²) in [6.07, 6.45) is 0.298. The van der Waals surface area contributed by atoms with Gasteiger partial charge in [0.05, 0.1) is 18.5 Å². The molecule has 0 spiro atoms. The maximum atomic E-state index is 13.2. The Kier molecular flexibility index (Phi) is 7.07. The molecule has 0 fully saturated rings. The number of nitrogens with zero attached hydrogens (tertiary/aromatic N) is 1. The molecule has 4 amide bonds. The zero-order chi connectivity index (χ0) is 23.9. The first kappa shape index (κ1) is 22.8. The fraction of sp³-hybridized carbons (Fsp3) is 0.192. The number of benzene rings is 3. The lowest BCUT2D eigenvalue weighted by atomic mass is 10.0. The number of fused-ring (bicyclic) bond motifs is 1. The van der Waals surface area contributed by atoms with Gasteiger partial charge in [-0.3, -0.25) is 14.5 Å². The third kappa shape index (κ3) is 5.35. The molecule has 0 aromatic heterocycles. The predicted octanol–water partition coefficient (Wildman–Crippen LogP) is 3.09. The standard InChI is InChI=1S/C26H26N4O4/c1-34-23-14-8-5-11-19(23)16-27-25(32)21(15-18-9-3-2-4-10-18)29-26(33)30-17-24(31)28-20-12-6-7-13-22(20)30/h2-14,21H,15-17H2,1H3,(H,27,32)(H,28,31)(H,29,33). The molecular formula is C26H26N4O4. The lowest BCUT2D eigenvalue weighted by Gasteiger charge is -2.30. The predicted molar refractivity (Wildman–Crippen MR) is 130 cm³/mol. The molecule has 0 saturated carbocycles. The Morgan fingerprint density at radius 3 is 2.50 bits per heavy atom. The second kappa shape index (κ2) is 10.5. The van der Waals surface area contributed by atoms with Crippen LogP contribution in [-0.4, -0.2) is 37.5 Å². The zero-order valence-corrected chi connectivity index (χ0v) is 18.8. The summed E-state index contributed by atoms with van der Waals surface area (Å²) in [6, 6.07) is 22.6. The number of anilines is 2. The molecule has 0 bridgehead atoms. The van der Waals surface area contributed by atoms with E-state index in [1.54, 1.807) is 31.4 Å². The van der Waals surface area contributed by atoms with Crippen LogP contribution in [0.15, 0.2) is 78.9 Å². The van der Waals surface area contributed by atoms with Crippen molar-refractivity contribution in [3.8, 4) is 5.75 Å². The molecule has 0 saturated heterocycles. The molecule has 1 aliphatic heterocycles. The van der Waals surface area contributed by atoms with Gasteiger partial charge in [0, 0.05) is 18.5 Å². The summed E-state index contributed by atoms with van der Waals surface area (Å²) in [7, 11) is 1.58. The van der Waals surface area contributed by atoms with Crippen LogP contribution in [0.1, 0.15) is 11.1 Å². The Hall–Kier alpha value is -4.33. The van der Waals surface area contributed by atoms with Crippen LogP contribution >= 0.6 is 0 Å². The average Bonchev–Trinajstić information content (AvgIpc) is 2.87. The topological polar surface area (TPSA) is 99.8 Å². The minimum atomic E-state index is -0.846. The largest absolute Gasteiger partial charge is 0.496 e. The van der Waals surface area contributed by atoms with Crippen LogP contribution in [0.4, 0.5) is 16.2 Å². The minimum Gasteiger partial charge on any atom is -0.496 e. The Bertz CT molecular complexity index is 1180. The maximum Gasteiger partial charge on any atom is 0.323 e. The number of carbonyl (C=O) groups is 3. The number of para-hydroxylation sites is 3. The molecule has 1 aliphatic rings. The molecule has 8 nitrogen and oxygen atoms in total. The van der Waals surface area contributed by atoms with Crippen molar-refractivity contribution in [3.05, 3.63) is 90.0 Å². The first-order chi connectivity index (χ1) is 16.5. The molecule has 0 radical (unpaired) electrons. The van der Waals surface area contributed by atoms with Gasteiger partial charge >= 0.3 is 6.03 Å². The van der Waals surface area contributed by atoms with Crippen LogP contribution < -0.4 is 25.6 Å². The van der Waals surface area contributed by atoms with Gasteiger partial charge in [0.1, 0.15) is 18.3 Å². The number of nitrogens with one attached hydrogen (secondary N) is 3. The molecule has 34 heavy (non-hydrogen) atoms. The highest BCUT2D eigenvalue weighted by molar-refractivity contribution is 6.10. The molecular weight excluding hydrogens is 432 g/mol. The lowest BCUT2D eigenvalue weighted by molar-refractivity contribution is -0.123. The van der Waals surface area contributed by atoms with E-state index < -0.39 is 12.1 Å². The number of ether oxygens (including phenoxy) is 1. The molecule has 3 N–H and O–H groups in total. The zero-order valence-electron chi connectivity index (χ0n) is 18.8. The normalized spacial score (nSPS) is 13.3. The van der Waals surface area contributed by atoms with E-state index in [1.165, 1.54) is 4.90 Å². The van der Waals surface area contributed by atoms with E-state index >= 15 is 0 Å². The first-order valence-corrected chi connectivity index (χ1v) is 11.0. The van der Waals surface area contributed by atoms with Gasteiger partial charge in [0.15, 0.2) is 0 Å². The van der Waals surface area contributed by atoms with Crippen molar-refractivity contribution < 1.29 is 19.1 Å². The van der Waals surface area contributed by atoms with Gasteiger partial charge in [-0.25, -0.2) is 4.79 Å². The monoisotopic (exact) mass is 458 g/mol. The highest BCUT2D eigenvalue weighted by atomic mass is 16.5. The summed E-state index contributed by atoms with van der Waals surface area (Å²) >= 11 is 0. The van der Waals surface area contributed by atoms with E-state index in [1.807, 2.05) is 54.6 Å². The van der Waals surface area contributed by atoms with Crippen molar-refractivity contribution in [2.45, 2.75) is 19.0 Å². The molecule has 174 valence electrons. The van der Waals surface area contributed by atoms with Crippen molar-refractivity contribution in [2.75, 3.05) is 23.9 Å². The van der Waals surface area contributed by atoms with E-state index in [4.69, 9.17) is 4.74 Å². The Labute approximate surface area is 197 Å². The molecule has 4 rings (SSSR count). The van der Waals surface area contributed by atoms with Crippen LogP contribution in [0.2, 0.25) is 0 Å².